The summed E-state index contributed by atoms with van der Waals surface area (Å²) in [6.07, 6.45) is 0. The van der Waals surface area contributed by atoms with E-state index in [1.165, 1.54) is 39.4 Å². The van der Waals surface area contributed by atoms with Crippen molar-refractivity contribution >= 4 is 27.5 Å². The Morgan fingerprint density at radius 3 is 2.12 bits per heavy atom. The summed E-state index contributed by atoms with van der Waals surface area (Å²) in [5, 5.41) is 2.74. The predicted octanol–water partition coefficient (Wildman–Crippen LogP) is 1.59. The van der Waals surface area contributed by atoms with Crippen LogP contribution in [0.15, 0.2) is 47.4 Å². The van der Waals surface area contributed by atoms with Gasteiger partial charge in [-0.1, -0.05) is 0 Å². The number of amides is 2. The molecule has 1 N–H and O–H groups in total. The lowest BCUT2D eigenvalue weighted by Gasteiger charge is -2.32. The van der Waals surface area contributed by atoms with Crippen LogP contribution in [0.25, 0.3) is 0 Å². The first kappa shape index (κ1) is 23.7. The smallest absolute Gasteiger partial charge is 0.255 e. The number of carbonyl (C=O) groups is 2. The molecule has 2 aromatic carbocycles. The first-order chi connectivity index (χ1) is 15.1. The lowest BCUT2D eigenvalue weighted by Crippen LogP contribution is -2.47. The monoisotopic (exact) mass is 460 g/mol. The van der Waals surface area contributed by atoms with Gasteiger partial charge in [-0.2, -0.15) is 0 Å². The van der Waals surface area contributed by atoms with Crippen LogP contribution in [0.5, 0.6) is 5.75 Å². The summed E-state index contributed by atoms with van der Waals surface area (Å²) >= 11 is 0. The summed E-state index contributed by atoms with van der Waals surface area (Å²) in [6.45, 7) is 3.05. The third-order valence-corrected chi connectivity index (χ3v) is 7.20. The van der Waals surface area contributed by atoms with Crippen LogP contribution in [0.1, 0.15) is 20.7 Å². The highest BCUT2D eigenvalue weighted by atomic mass is 32.2. The number of likely N-dealkylation sites (N-methyl/N-ethyl adjacent to an activating group) is 1. The molecule has 0 unspecified atom stereocenters. The number of carbonyl (C=O) groups excluding carboxylic acids is 2. The summed E-state index contributed by atoms with van der Waals surface area (Å²) in [5.41, 5.74) is 1.22. The molecule has 0 spiro atoms. The molecule has 0 saturated carbocycles. The molecule has 1 aliphatic heterocycles. The van der Waals surface area contributed by atoms with Gasteiger partial charge in [0.2, 0.25) is 10.0 Å². The second kappa shape index (κ2) is 9.68. The van der Waals surface area contributed by atoms with E-state index in [4.69, 9.17) is 4.74 Å². The Hall–Kier alpha value is -2.95. The van der Waals surface area contributed by atoms with Crippen LogP contribution >= 0.6 is 0 Å². The van der Waals surface area contributed by atoms with E-state index < -0.39 is 15.9 Å². The quantitative estimate of drug-likeness (QED) is 0.703. The van der Waals surface area contributed by atoms with Crippen molar-refractivity contribution in [3.8, 4) is 5.75 Å². The Kier molecular flexibility index (Phi) is 7.17. The number of rotatable bonds is 6. The molecular weight excluding hydrogens is 432 g/mol. The van der Waals surface area contributed by atoms with Gasteiger partial charge in [-0.3, -0.25) is 9.59 Å². The molecule has 0 radical (unpaired) electrons. The minimum atomic E-state index is -3.79. The molecule has 172 valence electrons. The highest BCUT2D eigenvalue weighted by Crippen LogP contribution is 2.27. The Morgan fingerprint density at radius 2 is 1.56 bits per heavy atom. The number of benzene rings is 2. The van der Waals surface area contributed by atoms with E-state index in [-0.39, 0.29) is 22.1 Å². The Bertz CT molecular complexity index is 1090. The van der Waals surface area contributed by atoms with E-state index in [0.717, 1.165) is 17.4 Å². The maximum atomic E-state index is 12.7. The minimum Gasteiger partial charge on any atom is -0.495 e. The van der Waals surface area contributed by atoms with Crippen LogP contribution in [-0.2, 0) is 10.0 Å². The van der Waals surface area contributed by atoms with Gasteiger partial charge in [0, 0.05) is 57.1 Å². The van der Waals surface area contributed by atoms with Gasteiger partial charge in [0.05, 0.1) is 7.11 Å². The number of nitrogens with one attached hydrogen (secondary N) is 1. The molecule has 10 heteroatoms. The van der Waals surface area contributed by atoms with Crippen molar-refractivity contribution in [1.82, 2.24) is 14.1 Å². The molecule has 2 aromatic rings. The maximum absolute atomic E-state index is 12.7. The molecule has 0 bridgehead atoms. The van der Waals surface area contributed by atoms with Crippen molar-refractivity contribution in [3.63, 3.8) is 0 Å². The van der Waals surface area contributed by atoms with E-state index in [9.17, 15) is 18.0 Å². The fourth-order valence-electron chi connectivity index (χ4n) is 3.31. The Labute approximate surface area is 188 Å². The number of hydrogen-bond donors (Lipinski definition) is 1. The molecule has 3 rings (SSSR count). The second-order valence-electron chi connectivity index (χ2n) is 7.78. The van der Waals surface area contributed by atoms with Crippen LogP contribution < -0.4 is 10.1 Å². The van der Waals surface area contributed by atoms with Gasteiger partial charge < -0.3 is 19.9 Å². The number of piperazine rings is 1. The van der Waals surface area contributed by atoms with Gasteiger partial charge in [0.1, 0.15) is 10.6 Å². The fraction of sp³-hybridized carbons (Fsp3) is 0.364. The number of ether oxygens (including phenoxy) is 1. The van der Waals surface area contributed by atoms with Gasteiger partial charge in [0.25, 0.3) is 11.8 Å². The summed E-state index contributed by atoms with van der Waals surface area (Å²) in [7, 11) is 2.42. The van der Waals surface area contributed by atoms with Gasteiger partial charge >= 0.3 is 0 Å². The van der Waals surface area contributed by atoms with Crippen LogP contribution in [0.4, 0.5) is 5.69 Å². The zero-order chi connectivity index (χ0) is 23.5. The van der Waals surface area contributed by atoms with Crippen molar-refractivity contribution in [3.05, 3.63) is 53.6 Å². The summed E-state index contributed by atoms with van der Waals surface area (Å²) in [4.78, 5) is 29.3. The topological polar surface area (TPSA) is 99.3 Å². The van der Waals surface area contributed by atoms with Crippen molar-refractivity contribution in [1.29, 1.82) is 0 Å². The van der Waals surface area contributed by atoms with Crippen LogP contribution in [0.2, 0.25) is 0 Å². The van der Waals surface area contributed by atoms with Crippen LogP contribution in [0.3, 0.4) is 0 Å². The summed E-state index contributed by atoms with van der Waals surface area (Å²) < 4.78 is 31.3. The molecule has 32 heavy (non-hydrogen) atoms. The molecule has 0 aromatic heterocycles. The highest BCUT2D eigenvalue weighted by Gasteiger charge is 2.24. The standard InChI is InChI=1S/C22H28N4O5S/c1-24(2)32(29,30)20-15-17(7-10-19(20)31-4)21(27)23-18-8-5-16(6-9-18)22(28)26-13-11-25(3)12-14-26/h5-10,15H,11-14H2,1-4H3,(H,23,27). The average Bonchev–Trinajstić information content (AvgIpc) is 2.79. The van der Waals surface area contributed by atoms with E-state index in [2.05, 4.69) is 10.2 Å². The maximum Gasteiger partial charge on any atom is 0.255 e. The van der Waals surface area contributed by atoms with Crippen LogP contribution in [0, 0.1) is 0 Å². The Balaban J connectivity index is 1.74. The van der Waals surface area contributed by atoms with Gasteiger partial charge in [-0.15, -0.1) is 0 Å². The van der Waals surface area contributed by atoms with Crippen molar-refractivity contribution in [2.24, 2.45) is 0 Å². The van der Waals surface area contributed by atoms with Crippen molar-refractivity contribution < 1.29 is 22.7 Å². The third-order valence-electron chi connectivity index (χ3n) is 5.36. The first-order valence-electron chi connectivity index (χ1n) is 10.1. The zero-order valence-corrected chi connectivity index (χ0v) is 19.5. The Morgan fingerprint density at radius 1 is 0.969 bits per heavy atom. The minimum absolute atomic E-state index is 0.0373. The van der Waals surface area contributed by atoms with Crippen molar-refractivity contribution in [2.75, 3.05) is 59.7 Å². The van der Waals surface area contributed by atoms with E-state index in [0.29, 0.717) is 24.3 Å². The molecule has 1 saturated heterocycles. The largest absolute Gasteiger partial charge is 0.495 e. The molecular formula is C22H28N4O5S. The predicted molar refractivity (Wildman–Crippen MR) is 122 cm³/mol. The normalized spacial score (nSPS) is 15.0. The van der Waals surface area contributed by atoms with Gasteiger partial charge in [-0.25, -0.2) is 12.7 Å². The highest BCUT2D eigenvalue weighted by molar-refractivity contribution is 7.89. The molecule has 1 aliphatic rings. The zero-order valence-electron chi connectivity index (χ0n) is 18.7. The SMILES string of the molecule is COc1ccc(C(=O)Nc2ccc(C(=O)N3CCN(C)CC3)cc2)cc1S(=O)(=O)N(C)C. The molecule has 0 aliphatic carbocycles. The van der Waals surface area contributed by atoms with E-state index in [1.54, 1.807) is 24.3 Å². The first-order valence-corrected chi connectivity index (χ1v) is 11.6. The molecule has 2 amide bonds. The number of sulfonamides is 1. The van der Waals surface area contributed by atoms with Gasteiger partial charge in [-0.05, 0) is 49.5 Å². The van der Waals surface area contributed by atoms with E-state index in [1.807, 2.05) is 11.9 Å². The molecule has 1 fully saturated rings. The van der Waals surface area contributed by atoms with Crippen LogP contribution in [-0.4, -0.2) is 88.8 Å². The number of hydrogen-bond acceptors (Lipinski definition) is 6. The summed E-state index contributed by atoms with van der Waals surface area (Å²) in [6, 6.07) is 10.9. The number of methoxy groups -OCH3 is 1. The van der Waals surface area contributed by atoms with Gasteiger partial charge in [0.15, 0.2) is 0 Å². The third kappa shape index (κ3) is 5.09. The lowest BCUT2D eigenvalue weighted by molar-refractivity contribution is 0.0664. The number of nitrogens with zero attached hydrogens (tertiary/aromatic N) is 3. The summed E-state index contributed by atoms with van der Waals surface area (Å²) in [5.74, 6) is -0.354. The fourth-order valence-corrected chi connectivity index (χ4v) is 4.38. The molecule has 0 atom stereocenters. The molecule has 1 heterocycles. The molecule has 9 nitrogen and oxygen atoms in total. The lowest BCUT2D eigenvalue weighted by atomic mass is 10.1. The average molecular weight is 461 g/mol. The second-order valence-corrected chi connectivity index (χ2v) is 9.90. The number of anilines is 1. The van der Waals surface area contributed by atoms with E-state index >= 15 is 0 Å². The van der Waals surface area contributed by atoms with Crippen molar-refractivity contribution in [2.45, 2.75) is 4.90 Å².